The number of rotatable bonds is 5. The highest BCUT2D eigenvalue weighted by Crippen LogP contribution is 2.28. The van der Waals surface area contributed by atoms with Crippen molar-refractivity contribution in [3.8, 4) is 0 Å². The van der Waals surface area contributed by atoms with E-state index in [9.17, 15) is 0 Å². The van der Waals surface area contributed by atoms with Crippen molar-refractivity contribution in [1.29, 1.82) is 0 Å². The molecular formula is C20H28BrIN6. The maximum Gasteiger partial charge on any atom is 0.191 e. The molecule has 0 radical (unpaired) electrons. The van der Waals surface area contributed by atoms with Crippen LogP contribution < -0.4 is 20.4 Å². The van der Waals surface area contributed by atoms with E-state index in [0.29, 0.717) is 12.6 Å². The second-order valence-corrected chi connectivity index (χ2v) is 7.69. The molecule has 1 aliphatic rings. The van der Waals surface area contributed by atoms with Crippen LogP contribution in [0.5, 0.6) is 0 Å². The minimum atomic E-state index is 0. The third-order valence-corrected chi connectivity index (χ3v) is 5.30. The second-order valence-electron chi connectivity index (χ2n) is 6.83. The first kappa shape index (κ1) is 22.7. The smallest absolute Gasteiger partial charge is 0.191 e. The number of halogens is 2. The van der Waals surface area contributed by atoms with Gasteiger partial charge in [0.05, 0.1) is 17.9 Å². The molecule has 1 fully saturated rings. The fourth-order valence-corrected chi connectivity index (χ4v) is 3.72. The lowest BCUT2D eigenvalue weighted by atomic mass is 10.2. The van der Waals surface area contributed by atoms with Gasteiger partial charge in [-0.15, -0.1) is 24.0 Å². The first-order valence-corrected chi connectivity index (χ1v) is 9.96. The van der Waals surface area contributed by atoms with Gasteiger partial charge in [0.1, 0.15) is 5.82 Å². The summed E-state index contributed by atoms with van der Waals surface area (Å²) in [7, 11) is 5.80. The highest BCUT2D eigenvalue weighted by molar-refractivity contribution is 14.0. The molecule has 2 aromatic rings. The lowest BCUT2D eigenvalue weighted by Crippen LogP contribution is -2.44. The van der Waals surface area contributed by atoms with Gasteiger partial charge in [0.2, 0.25) is 0 Å². The highest BCUT2D eigenvalue weighted by atomic mass is 127. The number of benzene rings is 1. The van der Waals surface area contributed by atoms with Crippen molar-refractivity contribution in [2.45, 2.75) is 19.0 Å². The van der Waals surface area contributed by atoms with E-state index in [-0.39, 0.29) is 24.0 Å². The monoisotopic (exact) mass is 558 g/mol. The summed E-state index contributed by atoms with van der Waals surface area (Å²) in [5.74, 6) is 1.77. The summed E-state index contributed by atoms with van der Waals surface area (Å²) in [6.45, 7) is 2.63. The Morgan fingerprint density at radius 2 is 2.04 bits per heavy atom. The highest BCUT2D eigenvalue weighted by Gasteiger charge is 2.24. The van der Waals surface area contributed by atoms with Crippen molar-refractivity contribution < 1.29 is 0 Å². The molecule has 0 amide bonds. The van der Waals surface area contributed by atoms with E-state index in [1.54, 1.807) is 7.05 Å². The summed E-state index contributed by atoms with van der Waals surface area (Å²) in [6, 6.07) is 14.8. The molecule has 2 heterocycles. The van der Waals surface area contributed by atoms with Gasteiger partial charge in [-0.1, -0.05) is 18.2 Å². The Morgan fingerprint density at radius 3 is 2.75 bits per heavy atom. The van der Waals surface area contributed by atoms with E-state index < -0.39 is 0 Å². The van der Waals surface area contributed by atoms with Crippen LogP contribution in [0.3, 0.4) is 0 Å². The number of para-hydroxylation sites is 1. The van der Waals surface area contributed by atoms with Gasteiger partial charge in [0.15, 0.2) is 5.96 Å². The number of nitrogens with zero attached hydrogens (tertiary/aromatic N) is 4. The number of anilines is 2. The van der Waals surface area contributed by atoms with Crippen LogP contribution in [0.4, 0.5) is 11.5 Å². The molecule has 0 spiro atoms. The molecule has 1 unspecified atom stereocenters. The van der Waals surface area contributed by atoms with Gasteiger partial charge in [-0.25, -0.2) is 4.98 Å². The predicted octanol–water partition coefficient (Wildman–Crippen LogP) is 3.47. The Morgan fingerprint density at radius 1 is 1.25 bits per heavy atom. The molecule has 3 rings (SSSR count). The molecular weight excluding hydrogens is 531 g/mol. The Balaban J connectivity index is 0.00000280. The predicted molar refractivity (Wildman–Crippen MR) is 132 cm³/mol. The number of hydrogen-bond donors (Lipinski definition) is 2. The van der Waals surface area contributed by atoms with Gasteiger partial charge >= 0.3 is 0 Å². The van der Waals surface area contributed by atoms with Gasteiger partial charge in [-0.05, 0) is 46.6 Å². The molecule has 1 aromatic carbocycles. The van der Waals surface area contributed by atoms with Gasteiger partial charge in [-0.2, -0.15) is 0 Å². The number of nitrogens with one attached hydrogen (secondary N) is 2. The molecule has 8 heteroatoms. The lowest BCUT2D eigenvalue weighted by molar-refractivity contribution is 0.647. The third-order valence-electron chi connectivity index (χ3n) is 4.63. The SMILES string of the molecule is CN=C(NCc1cccc(N(C)C)n1)NC1CCN(c2ccccc2Br)C1.I. The largest absolute Gasteiger partial charge is 0.368 e. The Hall–Kier alpha value is -1.55. The number of hydrogen-bond acceptors (Lipinski definition) is 4. The summed E-state index contributed by atoms with van der Waals surface area (Å²) in [5, 5.41) is 6.91. The Bertz CT molecular complexity index is 798. The minimum Gasteiger partial charge on any atom is -0.368 e. The first-order valence-electron chi connectivity index (χ1n) is 9.16. The topological polar surface area (TPSA) is 55.8 Å². The molecule has 1 atom stereocenters. The fourth-order valence-electron chi connectivity index (χ4n) is 3.18. The van der Waals surface area contributed by atoms with E-state index in [1.165, 1.54) is 5.69 Å². The van der Waals surface area contributed by atoms with E-state index in [2.05, 4.69) is 59.6 Å². The van der Waals surface area contributed by atoms with Crippen LogP contribution in [0.15, 0.2) is 51.9 Å². The van der Waals surface area contributed by atoms with Crippen LogP contribution in [0.25, 0.3) is 0 Å². The van der Waals surface area contributed by atoms with Gasteiger partial charge < -0.3 is 20.4 Å². The quantitative estimate of drug-likeness (QED) is 0.334. The van der Waals surface area contributed by atoms with Gasteiger partial charge in [0.25, 0.3) is 0 Å². The fraction of sp³-hybridized carbons (Fsp3) is 0.400. The van der Waals surface area contributed by atoms with Crippen molar-refractivity contribution in [2.75, 3.05) is 44.0 Å². The number of pyridine rings is 1. The van der Waals surface area contributed by atoms with E-state index >= 15 is 0 Å². The zero-order valence-electron chi connectivity index (χ0n) is 16.5. The van der Waals surface area contributed by atoms with Crippen molar-refractivity contribution in [2.24, 2.45) is 4.99 Å². The number of guanidine groups is 1. The summed E-state index contributed by atoms with van der Waals surface area (Å²) in [5.41, 5.74) is 2.24. The van der Waals surface area contributed by atoms with Crippen LogP contribution in [-0.4, -0.2) is 51.2 Å². The van der Waals surface area contributed by atoms with E-state index in [1.807, 2.05) is 43.3 Å². The van der Waals surface area contributed by atoms with E-state index in [4.69, 9.17) is 0 Å². The van der Waals surface area contributed by atoms with Crippen LogP contribution in [0.1, 0.15) is 12.1 Å². The number of aliphatic imine (C=N–C) groups is 1. The normalized spacial score (nSPS) is 16.5. The van der Waals surface area contributed by atoms with Crippen molar-refractivity contribution in [3.63, 3.8) is 0 Å². The lowest BCUT2D eigenvalue weighted by Gasteiger charge is -2.21. The zero-order chi connectivity index (χ0) is 19.2. The van der Waals surface area contributed by atoms with Crippen molar-refractivity contribution >= 4 is 57.4 Å². The van der Waals surface area contributed by atoms with Gasteiger partial charge in [-0.3, -0.25) is 4.99 Å². The average molecular weight is 559 g/mol. The molecule has 6 nitrogen and oxygen atoms in total. The first-order chi connectivity index (χ1) is 13.1. The van der Waals surface area contributed by atoms with Gasteiger partial charge in [0, 0.05) is 44.7 Å². The summed E-state index contributed by atoms with van der Waals surface area (Å²) >= 11 is 3.65. The average Bonchev–Trinajstić information content (AvgIpc) is 3.14. The van der Waals surface area contributed by atoms with Crippen LogP contribution >= 0.6 is 39.9 Å². The molecule has 1 aromatic heterocycles. The zero-order valence-corrected chi connectivity index (χ0v) is 20.4. The summed E-state index contributed by atoms with van der Waals surface area (Å²) < 4.78 is 1.14. The van der Waals surface area contributed by atoms with Crippen LogP contribution in [0.2, 0.25) is 0 Å². The Kier molecular flexibility index (Phi) is 8.81. The summed E-state index contributed by atoms with van der Waals surface area (Å²) in [6.07, 6.45) is 1.08. The number of aromatic nitrogens is 1. The molecule has 1 saturated heterocycles. The maximum absolute atomic E-state index is 4.64. The van der Waals surface area contributed by atoms with Crippen molar-refractivity contribution in [3.05, 3.63) is 52.6 Å². The van der Waals surface area contributed by atoms with Crippen LogP contribution in [0, 0.1) is 0 Å². The molecule has 0 saturated carbocycles. The molecule has 1 aliphatic heterocycles. The van der Waals surface area contributed by atoms with Crippen molar-refractivity contribution in [1.82, 2.24) is 15.6 Å². The van der Waals surface area contributed by atoms with Crippen LogP contribution in [-0.2, 0) is 6.54 Å². The van der Waals surface area contributed by atoms with E-state index in [0.717, 1.165) is 41.5 Å². The third kappa shape index (κ3) is 5.97. The Labute approximate surface area is 193 Å². The molecule has 0 bridgehead atoms. The maximum atomic E-state index is 4.64. The molecule has 2 N–H and O–H groups in total. The summed E-state index contributed by atoms with van der Waals surface area (Å²) in [4.78, 5) is 13.4. The second kappa shape index (κ2) is 10.8. The standard InChI is InChI=1S/C20H27BrN6.HI/c1-22-20(23-13-15-7-6-10-19(24-15)26(2)3)25-16-11-12-27(14-16)18-9-5-4-8-17(18)21;/h4-10,16H,11-14H2,1-3H3,(H2,22,23,25);1H. The minimum absolute atomic E-state index is 0. The molecule has 0 aliphatic carbocycles. The molecule has 152 valence electrons. The molecule has 28 heavy (non-hydrogen) atoms.